The number of amidine groups is 1. The van der Waals surface area contributed by atoms with E-state index in [0.29, 0.717) is 23.2 Å². The fourth-order valence-electron chi connectivity index (χ4n) is 4.73. The van der Waals surface area contributed by atoms with E-state index in [9.17, 15) is 23.1 Å². The first-order valence-corrected chi connectivity index (χ1v) is 14.9. The highest BCUT2D eigenvalue weighted by Crippen LogP contribution is 2.30. The number of carbonyl (C=O) groups is 1. The van der Waals surface area contributed by atoms with Crippen LogP contribution in [-0.4, -0.2) is 56.0 Å². The Morgan fingerprint density at radius 2 is 1.82 bits per heavy atom. The van der Waals surface area contributed by atoms with Crippen molar-refractivity contribution in [2.45, 2.75) is 45.8 Å². The van der Waals surface area contributed by atoms with Gasteiger partial charge in [0.2, 0.25) is 12.3 Å². The number of anilines is 1. The number of nitrogens with zero attached hydrogens (tertiary/aromatic N) is 5. The lowest BCUT2D eigenvalue weighted by atomic mass is 10.1. The molecule has 1 saturated heterocycles. The van der Waals surface area contributed by atoms with Gasteiger partial charge in [-0.1, -0.05) is 53.7 Å². The minimum atomic E-state index is -4.74. The van der Waals surface area contributed by atoms with Crippen LogP contribution in [0.1, 0.15) is 29.5 Å². The van der Waals surface area contributed by atoms with Crippen LogP contribution in [0, 0.1) is 13.8 Å². The summed E-state index contributed by atoms with van der Waals surface area (Å²) >= 11 is 1.31. The van der Waals surface area contributed by atoms with Gasteiger partial charge in [0, 0.05) is 5.56 Å². The molecule has 9 nitrogen and oxygen atoms in total. The number of amides is 1. The molecular weight excluding hydrogens is 593 g/mol. The van der Waals surface area contributed by atoms with Crippen LogP contribution in [0.4, 0.5) is 18.9 Å². The minimum Gasteiger partial charge on any atom is -0.406 e. The summed E-state index contributed by atoms with van der Waals surface area (Å²) in [5.74, 6) is 0.411. The van der Waals surface area contributed by atoms with Crippen molar-refractivity contribution in [3.05, 3.63) is 89.7 Å². The minimum absolute atomic E-state index is 0.0591. The van der Waals surface area contributed by atoms with Crippen LogP contribution in [0.3, 0.4) is 0 Å². The Hall–Kier alpha value is -4.20. The molecule has 4 aromatic rings. The summed E-state index contributed by atoms with van der Waals surface area (Å²) in [6.45, 7) is 4.51. The Kier molecular flexibility index (Phi) is 9.67. The number of alkyl halides is 3. The molecule has 0 aliphatic carbocycles. The van der Waals surface area contributed by atoms with E-state index >= 15 is 0 Å². The summed E-state index contributed by atoms with van der Waals surface area (Å²) in [5.41, 5.74) is 5.36. The topological polar surface area (TPSA) is 105 Å². The summed E-state index contributed by atoms with van der Waals surface area (Å²) < 4.78 is 42.5. The average Bonchev–Trinajstić information content (AvgIpc) is 3.60. The van der Waals surface area contributed by atoms with Gasteiger partial charge in [-0.2, -0.15) is 0 Å². The standard InChI is InChI=1S/C31H31F3N6O3S/c1-20-6-15-26(21(2)17-20)40-27(41)18-44-30(40)37-29(42)35-16-4-3-5-22-7-9-23(10-8-22)28-36-19-39(38-28)24-11-13-25(14-12-24)43-31(32,33)34/h6-15,17,19,29,35,42H,3-5,16,18H2,1-2H3/b37-30-. The lowest BCUT2D eigenvalue weighted by molar-refractivity contribution is -0.274. The number of aliphatic imine (C=N–C) groups is 1. The molecule has 0 spiro atoms. The van der Waals surface area contributed by atoms with E-state index in [1.165, 1.54) is 47.0 Å². The van der Waals surface area contributed by atoms with E-state index < -0.39 is 12.7 Å². The zero-order chi connectivity index (χ0) is 31.3. The number of halogens is 3. The Morgan fingerprint density at radius 1 is 1.07 bits per heavy atom. The van der Waals surface area contributed by atoms with E-state index in [4.69, 9.17) is 0 Å². The molecule has 1 aliphatic heterocycles. The van der Waals surface area contributed by atoms with Gasteiger partial charge >= 0.3 is 6.36 Å². The molecule has 1 amide bonds. The van der Waals surface area contributed by atoms with E-state index in [-0.39, 0.29) is 17.4 Å². The second-order valence-electron chi connectivity index (χ2n) is 10.3. The van der Waals surface area contributed by atoms with Crippen LogP contribution in [0.15, 0.2) is 78.0 Å². The van der Waals surface area contributed by atoms with Crippen molar-refractivity contribution in [3.63, 3.8) is 0 Å². The quantitative estimate of drug-likeness (QED) is 0.161. The summed E-state index contributed by atoms with van der Waals surface area (Å²) in [6.07, 6.45) is -1.82. The maximum Gasteiger partial charge on any atom is 0.573 e. The number of aliphatic hydroxyl groups excluding tert-OH is 1. The molecule has 2 heterocycles. The number of nitrogens with one attached hydrogen (secondary N) is 1. The lowest BCUT2D eigenvalue weighted by Gasteiger charge is -2.20. The summed E-state index contributed by atoms with van der Waals surface area (Å²) in [4.78, 5) is 22.8. The number of aromatic nitrogens is 3. The molecule has 1 atom stereocenters. The second kappa shape index (κ2) is 13.6. The third kappa shape index (κ3) is 8.04. The van der Waals surface area contributed by atoms with Crippen LogP contribution in [0.5, 0.6) is 5.75 Å². The maximum atomic E-state index is 12.5. The van der Waals surface area contributed by atoms with Crippen LogP contribution in [0.2, 0.25) is 0 Å². The molecule has 3 aromatic carbocycles. The first kappa shape index (κ1) is 31.2. The number of aryl methyl sites for hydroxylation is 3. The highest BCUT2D eigenvalue weighted by atomic mass is 32.2. The molecule has 0 bridgehead atoms. The number of aliphatic hydroxyl groups is 1. The van der Waals surface area contributed by atoms with Gasteiger partial charge in [0.05, 0.1) is 17.1 Å². The monoisotopic (exact) mass is 624 g/mol. The molecule has 44 heavy (non-hydrogen) atoms. The highest BCUT2D eigenvalue weighted by Gasteiger charge is 2.32. The number of hydrogen-bond acceptors (Lipinski definition) is 8. The van der Waals surface area contributed by atoms with Gasteiger partial charge in [-0.05, 0) is 81.1 Å². The smallest absolute Gasteiger partial charge is 0.406 e. The van der Waals surface area contributed by atoms with Gasteiger partial charge < -0.3 is 9.84 Å². The number of thioether (sulfide) groups is 1. The fraction of sp³-hybridized carbons (Fsp3) is 0.290. The van der Waals surface area contributed by atoms with Crippen molar-refractivity contribution < 1.29 is 27.8 Å². The number of carbonyl (C=O) groups excluding carboxylic acids is 1. The molecule has 1 fully saturated rings. The van der Waals surface area contributed by atoms with Gasteiger partial charge in [0.25, 0.3) is 0 Å². The van der Waals surface area contributed by atoms with Crippen molar-refractivity contribution in [2.75, 3.05) is 17.2 Å². The molecule has 1 aliphatic rings. The average molecular weight is 625 g/mol. The van der Waals surface area contributed by atoms with Crippen molar-refractivity contribution in [3.8, 4) is 22.8 Å². The van der Waals surface area contributed by atoms with E-state index in [1.807, 2.05) is 56.3 Å². The number of rotatable bonds is 11. The molecule has 2 N–H and O–H groups in total. The Balaban J connectivity index is 1.08. The van der Waals surface area contributed by atoms with Crippen molar-refractivity contribution in [2.24, 2.45) is 4.99 Å². The first-order valence-electron chi connectivity index (χ1n) is 14.0. The van der Waals surface area contributed by atoms with E-state index in [0.717, 1.165) is 47.2 Å². The summed E-state index contributed by atoms with van der Waals surface area (Å²) in [5, 5.41) is 18.4. The summed E-state index contributed by atoms with van der Waals surface area (Å²) in [7, 11) is 0. The highest BCUT2D eigenvalue weighted by molar-refractivity contribution is 8.15. The number of hydrogen-bond donors (Lipinski definition) is 2. The Bertz CT molecular complexity index is 1620. The number of ether oxygens (including phenoxy) is 1. The van der Waals surface area contributed by atoms with Gasteiger partial charge in [0.1, 0.15) is 12.1 Å². The zero-order valence-corrected chi connectivity index (χ0v) is 24.9. The third-order valence-electron chi connectivity index (χ3n) is 6.85. The van der Waals surface area contributed by atoms with Crippen LogP contribution < -0.4 is 15.0 Å². The molecule has 1 aromatic heterocycles. The van der Waals surface area contributed by atoms with Crippen molar-refractivity contribution in [1.29, 1.82) is 0 Å². The predicted molar refractivity (Wildman–Crippen MR) is 164 cm³/mol. The van der Waals surface area contributed by atoms with Gasteiger partial charge in [0.15, 0.2) is 11.0 Å². The lowest BCUT2D eigenvalue weighted by Crippen LogP contribution is -2.34. The third-order valence-corrected chi connectivity index (χ3v) is 7.79. The molecule has 0 radical (unpaired) electrons. The molecule has 230 valence electrons. The molecule has 5 rings (SSSR count). The predicted octanol–water partition coefficient (Wildman–Crippen LogP) is 5.77. The van der Waals surface area contributed by atoms with Gasteiger partial charge in [-0.3, -0.25) is 15.0 Å². The van der Waals surface area contributed by atoms with E-state index in [1.54, 1.807) is 4.90 Å². The normalized spacial score (nSPS) is 15.3. The van der Waals surface area contributed by atoms with E-state index in [2.05, 4.69) is 25.1 Å². The van der Waals surface area contributed by atoms with Gasteiger partial charge in [-0.25, -0.2) is 14.7 Å². The Morgan fingerprint density at radius 3 is 2.52 bits per heavy atom. The van der Waals surface area contributed by atoms with Crippen LogP contribution in [-0.2, 0) is 11.2 Å². The van der Waals surface area contributed by atoms with Crippen LogP contribution >= 0.6 is 11.8 Å². The van der Waals surface area contributed by atoms with Crippen molar-refractivity contribution in [1.82, 2.24) is 20.1 Å². The summed E-state index contributed by atoms with van der Waals surface area (Å²) in [6, 6.07) is 19.1. The molecular formula is C31H31F3N6O3S. The van der Waals surface area contributed by atoms with Crippen LogP contribution in [0.25, 0.3) is 17.1 Å². The SMILES string of the molecule is Cc1ccc(N2C(=O)CS/C2=N\C(O)NCCCCc2ccc(-c3ncn(-c4ccc(OC(F)(F)F)cc4)n3)cc2)c(C)c1. The van der Waals surface area contributed by atoms with Gasteiger partial charge in [-0.15, -0.1) is 18.3 Å². The Labute approximate surface area is 256 Å². The zero-order valence-electron chi connectivity index (χ0n) is 24.1. The number of benzene rings is 3. The molecule has 0 saturated carbocycles. The molecule has 1 unspecified atom stereocenters. The van der Waals surface area contributed by atoms with Crippen molar-refractivity contribution >= 4 is 28.5 Å². The second-order valence-corrected chi connectivity index (χ2v) is 11.2. The first-order chi connectivity index (χ1) is 21.1. The molecule has 13 heteroatoms. The number of unbranched alkanes of at least 4 members (excludes halogenated alkanes) is 1. The fourth-order valence-corrected chi connectivity index (χ4v) is 5.61. The largest absolute Gasteiger partial charge is 0.573 e. The maximum absolute atomic E-state index is 12.5.